The van der Waals surface area contributed by atoms with Crippen molar-refractivity contribution in [3.05, 3.63) is 24.3 Å². The molecule has 55 heavy (non-hydrogen) atoms. The van der Waals surface area contributed by atoms with Gasteiger partial charge in [-0.25, -0.2) is 0 Å². The molecule has 1 amide bonds. The molecule has 2 atom stereocenters. The molecule has 326 valence electrons. The van der Waals surface area contributed by atoms with Crippen molar-refractivity contribution in [2.75, 3.05) is 6.61 Å². The molecule has 0 aliphatic rings. The summed E-state index contributed by atoms with van der Waals surface area (Å²) in [5, 5.41) is 22.7. The molecule has 0 rings (SSSR count). The van der Waals surface area contributed by atoms with E-state index in [9.17, 15) is 15.0 Å². The summed E-state index contributed by atoms with van der Waals surface area (Å²) in [6, 6.07) is -0.615. The Morgan fingerprint density at radius 1 is 0.418 bits per heavy atom. The van der Waals surface area contributed by atoms with Crippen LogP contribution in [0.3, 0.4) is 0 Å². The average molecular weight is 774 g/mol. The van der Waals surface area contributed by atoms with Crippen LogP contribution in [0.1, 0.15) is 277 Å². The molecule has 0 fully saturated rings. The monoisotopic (exact) mass is 774 g/mol. The van der Waals surface area contributed by atoms with Gasteiger partial charge in [0.25, 0.3) is 0 Å². The van der Waals surface area contributed by atoms with Crippen LogP contribution in [-0.2, 0) is 4.79 Å². The van der Waals surface area contributed by atoms with Gasteiger partial charge in [-0.05, 0) is 44.9 Å². The lowest BCUT2D eigenvalue weighted by atomic mass is 10.0. The normalized spacial score (nSPS) is 13.0. The van der Waals surface area contributed by atoms with Crippen molar-refractivity contribution in [1.29, 1.82) is 0 Å². The lowest BCUT2D eigenvalue weighted by Gasteiger charge is -2.20. The molecule has 4 heteroatoms. The van der Waals surface area contributed by atoms with Crippen molar-refractivity contribution in [2.24, 2.45) is 0 Å². The number of aliphatic hydroxyl groups excluding tert-OH is 2. The highest BCUT2D eigenvalue weighted by Crippen LogP contribution is 2.17. The zero-order valence-corrected chi connectivity index (χ0v) is 37.5. The van der Waals surface area contributed by atoms with Crippen LogP contribution in [0.2, 0.25) is 0 Å². The first-order valence-electron chi connectivity index (χ1n) is 25.1. The smallest absolute Gasteiger partial charge is 0.220 e. The van der Waals surface area contributed by atoms with Crippen LogP contribution in [0.15, 0.2) is 24.3 Å². The van der Waals surface area contributed by atoms with Crippen LogP contribution < -0.4 is 5.32 Å². The van der Waals surface area contributed by atoms with Gasteiger partial charge >= 0.3 is 0 Å². The summed E-state index contributed by atoms with van der Waals surface area (Å²) in [6.45, 7) is 4.25. The Labute approximate surface area is 345 Å². The molecule has 0 aliphatic carbocycles. The molecular formula is C51H99NO3. The van der Waals surface area contributed by atoms with Gasteiger partial charge in [0.1, 0.15) is 0 Å². The molecule has 0 bridgehead atoms. The molecular weight excluding hydrogens is 675 g/mol. The minimum atomic E-state index is -0.832. The Kier molecular flexibility index (Phi) is 46.3. The maximum absolute atomic E-state index is 12.3. The lowest BCUT2D eigenvalue weighted by molar-refractivity contribution is -0.123. The van der Waals surface area contributed by atoms with E-state index in [2.05, 4.69) is 31.3 Å². The van der Waals surface area contributed by atoms with E-state index >= 15 is 0 Å². The Bertz CT molecular complexity index is 795. The van der Waals surface area contributed by atoms with Crippen molar-refractivity contribution in [2.45, 2.75) is 289 Å². The number of hydrogen-bond acceptors (Lipinski definition) is 3. The summed E-state index contributed by atoms with van der Waals surface area (Å²) in [5.74, 6) is -0.0653. The van der Waals surface area contributed by atoms with Gasteiger partial charge in [-0.1, -0.05) is 250 Å². The third-order valence-electron chi connectivity index (χ3n) is 11.7. The summed E-state index contributed by atoms with van der Waals surface area (Å²) < 4.78 is 0. The number of unbranched alkanes of at least 4 members (excludes halogenated alkanes) is 37. The van der Waals surface area contributed by atoms with Gasteiger partial charge in [-0.15, -0.1) is 0 Å². The van der Waals surface area contributed by atoms with Gasteiger partial charge in [0.2, 0.25) is 5.91 Å². The van der Waals surface area contributed by atoms with E-state index in [0.717, 1.165) is 25.7 Å². The summed E-state index contributed by atoms with van der Waals surface area (Å²) in [5.41, 5.74) is 0. The number of aliphatic hydroxyl groups is 2. The standard InChI is InChI=1S/C51H99NO3/c1-3-5-7-9-11-12-13-14-15-16-17-18-19-20-21-22-23-24-25-26-27-28-29-30-31-32-33-34-35-36-37-38-39-40-41-43-45-47-51(55)52-49(48-53)50(54)46-44-42-10-8-6-4-2/h16-17,44,46,49-50,53-54H,3-15,18-43,45,47-48H2,1-2H3,(H,52,55)/b17-16-,46-44+. The van der Waals surface area contributed by atoms with Crippen LogP contribution in [0, 0.1) is 0 Å². The van der Waals surface area contributed by atoms with E-state index in [1.54, 1.807) is 6.08 Å². The molecule has 0 heterocycles. The molecule has 0 saturated heterocycles. The zero-order valence-electron chi connectivity index (χ0n) is 37.5. The molecule has 0 spiro atoms. The van der Waals surface area contributed by atoms with Gasteiger partial charge in [0, 0.05) is 6.42 Å². The average Bonchev–Trinajstić information content (AvgIpc) is 3.19. The Hall–Kier alpha value is -1.13. The van der Waals surface area contributed by atoms with E-state index in [4.69, 9.17) is 0 Å². The van der Waals surface area contributed by atoms with E-state index in [-0.39, 0.29) is 12.5 Å². The van der Waals surface area contributed by atoms with E-state index in [0.29, 0.717) is 6.42 Å². The van der Waals surface area contributed by atoms with Gasteiger partial charge in [-0.3, -0.25) is 4.79 Å². The Morgan fingerprint density at radius 2 is 0.691 bits per heavy atom. The number of rotatable bonds is 46. The summed E-state index contributed by atoms with van der Waals surface area (Å²) in [7, 11) is 0. The second-order valence-corrected chi connectivity index (χ2v) is 17.2. The van der Waals surface area contributed by atoms with Crippen LogP contribution in [-0.4, -0.2) is 34.9 Å². The van der Waals surface area contributed by atoms with Gasteiger partial charge < -0.3 is 15.5 Å². The predicted molar refractivity (Wildman–Crippen MR) is 244 cm³/mol. The highest BCUT2D eigenvalue weighted by molar-refractivity contribution is 5.76. The molecule has 2 unspecified atom stereocenters. The molecule has 3 N–H and O–H groups in total. The fraction of sp³-hybridized carbons (Fsp3) is 0.902. The highest BCUT2D eigenvalue weighted by Gasteiger charge is 2.18. The van der Waals surface area contributed by atoms with Crippen LogP contribution in [0.5, 0.6) is 0 Å². The van der Waals surface area contributed by atoms with Gasteiger partial charge in [-0.2, -0.15) is 0 Å². The van der Waals surface area contributed by atoms with E-state index < -0.39 is 12.1 Å². The van der Waals surface area contributed by atoms with E-state index in [1.165, 1.54) is 231 Å². The molecule has 0 aromatic carbocycles. The van der Waals surface area contributed by atoms with Crippen LogP contribution >= 0.6 is 0 Å². The third kappa shape index (κ3) is 43.8. The SMILES string of the molecule is CCCCCC/C=C/C(O)C(CO)NC(=O)CCCCCCCCCCCCCCCCCCCCCCCCCCC/C=C\CCCCCCCCCC. The zero-order chi connectivity index (χ0) is 40.0. The molecule has 0 radical (unpaired) electrons. The largest absolute Gasteiger partial charge is 0.394 e. The lowest BCUT2D eigenvalue weighted by Crippen LogP contribution is -2.45. The number of hydrogen-bond donors (Lipinski definition) is 3. The Morgan fingerprint density at radius 3 is 1.02 bits per heavy atom. The predicted octanol–water partition coefficient (Wildman–Crippen LogP) is 16.0. The van der Waals surface area contributed by atoms with Crippen LogP contribution in [0.25, 0.3) is 0 Å². The summed E-state index contributed by atoms with van der Waals surface area (Å²) in [4.78, 5) is 12.3. The molecule has 0 aromatic heterocycles. The van der Waals surface area contributed by atoms with Crippen molar-refractivity contribution in [1.82, 2.24) is 5.32 Å². The van der Waals surface area contributed by atoms with Crippen molar-refractivity contribution in [3.8, 4) is 0 Å². The topological polar surface area (TPSA) is 69.6 Å². The summed E-state index contributed by atoms with van der Waals surface area (Å²) >= 11 is 0. The minimum absolute atomic E-state index is 0.0653. The fourth-order valence-corrected chi connectivity index (χ4v) is 7.82. The van der Waals surface area contributed by atoms with Gasteiger partial charge in [0.15, 0.2) is 0 Å². The molecule has 0 aromatic rings. The second-order valence-electron chi connectivity index (χ2n) is 17.2. The van der Waals surface area contributed by atoms with Crippen molar-refractivity contribution >= 4 is 5.91 Å². The molecule has 0 saturated carbocycles. The molecule has 4 nitrogen and oxygen atoms in total. The number of nitrogens with one attached hydrogen (secondary N) is 1. The maximum atomic E-state index is 12.3. The quantitative estimate of drug-likeness (QED) is 0.0426. The van der Waals surface area contributed by atoms with Crippen LogP contribution in [0.4, 0.5) is 0 Å². The number of carbonyl (C=O) groups is 1. The highest BCUT2D eigenvalue weighted by atomic mass is 16.3. The number of carbonyl (C=O) groups excluding carboxylic acids is 1. The maximum Gasteiger partial charge on any atom is 0.220 e. The van der Waals surface area contributed by atoms with E-state index in [1.807, 2.05) is 6.08 Å². The van der Waals surface area contributed by atoms with Crippen molar-refractivity contribution < 1.29 is 15.0 Å². The number of amides is 1. The molecule has 0 aliphatic heterocycles. The first-order chi connectivity index (χ1) is 27.2. The summed E-state index contributed by atoms with van der Waals surface area (Å²) in [6.07, 6.45) is 62.2. The minimum Gasteiger partial charge on any atom is -0.394 e. The van der Waals surface area contributed by atoms with Crippen molar-refractivity contribution in [3.63, 3.8) is 0 Å². The second kappa shape index (κ2) is 47.2. The third-order valence-corrected chi connectivity index (χ3v) is 11.7. The Balaban J connectivity index is 3.30. The van der Waals surface area contributed by atoms with Gasteiger partial charge in [0.05, 0.1) is 18.8 Å². The first-order valence-corrected chi connectivity index (χ1v) is 25.1. The first kappa shape index (κ1) is 53.9. The number of allylic oxidation sites excluding steroid dienone is 3. The fourth-order valence-electron chi connectivity index (χ4n) is 7.82.